The van der Waals surface area contributed by atoms with E-state index in [1.54, 1.807) is 0 Å². The number of nitrogens with one attached hydrogen (secondary N) is 8. The molecule has 0 atom stereocenters. The summed E-state index contributed by atoms with van der Waals surface area (Å²) < 4.78 is 0. The molecule has 8 nitrogen and oxygen atoms in total. The highest BCUT2D eigenvalue weighted by molar-refractivity contribution is 5.87. The quantitative estimate of drug-likeness (QED) is 0.0753. The minimum atomic E-state index is 1.13. The third-order valence-electron chi connectivity index (χ3n) is 14.5. The zero-order valence-electron chi connectivity index (χ0n) is 36.0. The fraction of sp³-hybridized carbons (Fsp3) is 0.333. The predicted octanol–water partition coefficient (Wildman–Crippen LogP) is 12.9. The van der Waals surface area contributed by atoms with Gasteiger partial charge in [0.2, 0.25) is 0 Å². The Labute approximate surface area is 329 Å². The monoisotopic (exact) mass is 744 g/mol. The highest BCUT2D eigenvalue weighted by atomic mass is 14.9. The molecule has 288 valence electrons. The second-order valence-corrected chi connectivity index (χ2v) is 17.0. The van der Waals surface area contributed by atoms with Gasteiger partial charge >= 0.3 is 0 Å². The molecule has 0 aliphatic carbocycles. The number of H-pyrrole nitrogens is 8. The van der Waals surface area contributed by atoms with Gasteiger partial charge in [-0.25, -0.2) is 0 Å². The molecule has 9 heterocycles. The van der Waals surface area contributed by atoms with Gasteiger partial charge in [0.25, 0.3) is 0 Å². The van der Waals surface area contributed by atoms with Crippen LogP contribution in [0.3, 0.4) is 0 Å². The third-order valence-corrected chi connectivity index (χ3v) is 14.5. The highest BCUT2D eigenvalue weighted by Gasteiger charge is 2.29. The Morgan fingerprint density at radius 1 is 0.125 bits per heavy atom. The lowest BCUT2D eigenvalue weighted by Gasteiger charge is -2.02. The number of hydrogen-bond donors (Lipinski definition) is 8. The van der Waals surface area contributed by atoms with Crippen molar-refractivity contribution in [1.82, 2.24) is 39.9 Å². The minimum Gasteiger partial charge on any atom is -0.352 e. The fourth-order valence-corrected chi connectivity index (χ4v) is 9.50. The Bertz CT molecular complexity index is 2190. The van der Waals surface area contributed by atoms with E-state index in [-0.39, 0.29) is 0 Å². The Balaban J connectivity index is 1.36. The number of aromatic nitrogens is 8. The molecule has 56 heavy (non-hydrogen) atoms. The van der Waals surface area contributed by atoms with Crippen LogP contribution in [0.1, 0.15) is 89.0 Å². The van der Waals surface area contributed by atoms with Crippen LogP contribution in [-0.2, 0) is 0 Å². The van der Waals surface area contributed by atoms with E-state index in [4.69, 9.17) is 0 Å². The molecule has 8 aromatic heterocycles. The van der Waals surface area contributed by atoms with Crippen LogP contribution in [0.25, 0.3) is 91.1 Å². The SMILES string of the molecule is Cc1c2[nH]c(c1C)-c1[nH]c(c(C)c1C)-c1[nH]c(c(C)c1C)-c1[nH]c(c(C)c1C)-c1[nH]c(c(C)c1C)-c1[nH]c(c(C)c1C)-c1[nH]c(c(C)c1C)-c1[nH]c-2c(C)c1C. The summed E-state index contributed by atoms with van der Waals surface area (Å²) in [6.45, 7) is 35.9. The highest BCUT2D eigenvalue weighted by Crippen LogP contribution is 2.45. The minimum absolute atomic E-state index is 1.13. The normalized spacial score (nSPS) is 12.3. The lowest BCUT2D eigenvalue weighted by Crippen LogP contribution is -1.87. The largest absolute Gasteiger partial charge is 0.352 e. The molecule has 0 spiro atoms. The van der Waals surface area contributed by atoms with Crippen LogP contribution in [-0.4, -0.2) is 39.9 Å². The molecule has 0 unspecified atom stereocenters. The van der Waals surface area contributed by atoms with Gasteiger partial charge in [-0.05, 0) is 200 Å². The molecule has 0 saturated heterocycles. The molecule has 8 aromatic rings. The van der Waals surface area contributed by atoms with Crippen molar-refractivity contribution in [2.45, 2.75) is 111 Å². The number of rotatable bonds is 0. The van der Waals surface area contributed by atoms with E-state index in [1.807, 2.05) is 0 Å². The van der Waals surface area contributed by atoms with Crippen molar-refractivity contribution in [3.05, 3.63) is 89.0 Å². The van der Waals surface area contributed by atoms with E-state index in [1.165, 1.54) is 89.0 Å². The number of aromatic amines is 8. The van der Waals surface area contributed by atoms with Gasteiger partial charge in [-0.15, -0.1) is 0 Å². The third kappa shape index (κ3) is 4.53. The van der Waals surface area contributed by atoms with Crippen molar-refractivity contribution in [1.29, 1.82) is 0 Å². The summed E-state index contributed by atoms with van der Waals surface area (Å²) in [7, 11) is 0. The van der Waals surface area contributed by atoms with Gasteiger partial charge in [-0.1, -0.05) is 0 Å². The second kappa shape index (κ2) is 11.9. The Kier molecular flexibility index (Phi) is 7.61. The van der Waals surface area contributed by atoms with Crippen LogP contribution >= 0.6 is 0 Å². The van der Waals surface area contributed by atoms with E-state index in [0.29, 0.717) is 0 Å². The molecule has 1 aliphatic rings. The molecular formula is C48H56N8. The molecular weight excluding hydrogens is 689 g/mol. The standard InChI is InChI=1S/C48H56N8/c1-17-18(2)34-36-21(5)22(6)39(51-36)40-25(9)26(10)43(53-40)44-29(13)30(14)47(55-44)48-32(16)31(15)46(56-48)45-28(12)27(11)42(54-45)41-24(8)23(7)38(52-41)37-20(4)19(3)35(50-37)33(17)49-34/h49-56H,1-16H3. The molecule has 1 aliphatic heterocycles. The van der Waals surface area contributed by atoms with Gasteiger partial charge in [-0.2, -0.15) is 0 Å². The summed E-state index contributed by atoms with van der Waals surface area (Å²) >= 11 is 0. The lowest BCUT2D eigenvalue weighted by molar-refractivity contribution is 1.23. The van der Waals surface area contributed by atoms with E-state index in [9.17, 15) is 0 Å². The van der Waals surface area contributed by atoms with Crippen molar-refractivity contribution in [2.75, 3.05) is 0 Å². The summed E-state index contributed by atoms with van der Waals surface area (Å²) in [6.07, 6.45) is 0. The van der Waals surface area contributed by atoms with Gasteiger partial charge in [0, 0.05) is 0 Å². The smallest absolute Gasteiger partial charge is 0.0660 e. The molecule has 9 rings (SSSR count). The maximum Gasteiger partial charge on any atom is 0.0660 e. The van der Waals surface area contributed by atoms with Crippen LogP contribution in [0.2, 0.25) is 0 Å². The Morgan fingerprint density at radius 2 is 0.179 bits per heavy atom. The molecule has 8 heteroatoms. The Hall–Kier alpha value is -5.76. The van der Waals surface area contributed by atoms with Crippen LogP contribution in [0.4, 0.5) is 0 Å². The first-order valence-corrected chi connectivity index (χ1v) is 20.0. The molecule has 0 fully saturated rings. The molecule has 0 amide bonds. The molecule has 8 N–H and O–H groups in total. The first-order chi connectivity index (χ1) is 26.4. The van der Waals surface area contributed by atoms with Gasteiger partial charge in [-0.3, -0.25) is 0 Å². The molecule has 0 saturated carbocycles. The van der Waals surface area contributed by atoms with Crippen LogP contribution in [0.5, 0.6) is 0 Å². The van der Waals surface area contributed by atoms with Crippen LogP contribution < -0.4 is 0 Å². The summed E-state index contributed by atoms with van der Waals surface area (Å²) in [6, 6.07) is 0. The lowest BCUT2D eigenvalue weighted by atomic mass is 10.0. The average molecular weight is 745 g/mol. The van der Waals surface area contributed by atoms with Gasteiger partial charge in [0.1, 0.15) is 0 Å². The summed E-state index contributed by atoms with van der Waals surface area (Å²) in [4.78, 5) is 31.4. The van der Waals surface area contributed by atoms with Crippen molar-refractivity contribution in [3.8, 4) is 91.1 Å². The van der Waals surface area contributed by atoms with E-state index in [0.717, 1.165) is 91.1 Å². The summed E-state index contributed by atoms with van der Waals surface area (Å²) in [5.41, 5.74) is 38.1. The van der Waals surface area contributed by atoms with Gasteiger partial charge < -0.3 is 39.9 Å². The number of fused-ring (bicyclic) bond motifs is 24. The average Bonchev–Trinajstić information content (AvgIpc) is 4.04. The topological polar surface area (TPSA) is 126 Å². The zero-order valence-corrected chi connectivity index (χ0v) is 36.0. The predicted molar refractivity (Wildman–Crippen MR) is 234 cm³/mol. The van der Waals surface area contributed by atoms with Crippen molar-refractivity contribution in [3.63, 3.8) is 0 Å². The summed E-state index contributed by atoms with van der Waals surface area (Å²) in [5, 5.41) is 0. The molecule has 16 bridgehead atoms. The first kappa shape index (κ1) is 35.9. The van der Waals surface area contributed by atoms with Gasteiger partial charge in [0.15, 0.2) is 0 Å². The van der Waals surface area contributed by atoms with E-state index >= 15 is 0 Å². The Morgan fingerprint density at radius 3 is 0.232 bits per heavy atom. The summed E-state index contributed by atoms with van der Waals surface area (Å²) in [5.74, 6) is 0. The van der Waals surface area contributed by atoms with Crippen LogP contribution in [0.15, 0.2) is 0 Å². The molecule has 0 aromatic carbocycles. The van der Waals surface area contributed by atoms with Crippen molar-refractivity contribution >= 4 is 0 Å². The molecule has 0 radical (unpaired) electrons. The van der Waals surface area contributed by atoms with Crippen molar-refractivity contribution < 1.29 is 0 Å². The van der Waals surface area contributed by atoms with E-state index in [2.05, 4.69) is 151 Å². The first-order valence-electron chi connectivity index (χ1n) is 20.0. The van der Waals surface area contributed by atoms with E-state index < -0.39 is 0 Å². The maximum absolute atomic E-state index is 3.92. The fourth-order valence-electron chi connectivity index (χ4n) is 9.50. The van der Waals surface area contributed by atoms with Crippen LogP contribution in [0, 0.1) is 111 Å². The second-order valence-electron chi connectivity index (χ2n) is 17.0. The number of hydrogen-bond acceptors (Lipinski definition) is 0. The zero-order chi connectivity index (χ0) is 40.1. The van der Waals surface area contributed by atoms with Crippen molar-refractivity contribution in [2.24, 2.45) is 0 Å². The van der Waals surface area contributed by atoms with Gasteiger partial charge in [0.05, 0.1) is 91.1 Å². The maximum atomic E-state index is 3.92.